The Morgan fingerprint density at radius 2 is 1.71 bits per heavy atom. The molecule has 4 heteroatoms. The Morgan fingerprint density at radius 3 is 1.71 bits per heavy atom. The van der Waals surface area contributed by atoms with Gasteiger partial charge in [-0.15, -0.1) is 0 Å². The quantitative estimate of drug-likeness (QED) is 0.375. The first-order valence-electron chi connectivity index (χ1n) is 1.59. The maximum absolute atomic E-state index is 8.50. The molecule has 0 saturated carbocycles. The van der Waals surface area contributed by atoms with Crippen LogP contribution >= 0.6 is 0 Å². The van der Waals surface area contributed by atoms with Crippen molar-refractivity contribution in [1.29, 1.82) is 0 Å². The zero-order valence-electron chi connectivity index (χ0n) is 4.17. The molecule has 1 N–H and O–H groups in total. The van der Waals surface area contributed by atoms with Crippen molar-refractivity contribution in [3.05, 3.63) is 0 Å². The van der Waals surface area contributed by atoms with E-state index in [1.807, 2.05) is 0 Å². The summed E-state index contributed by atoms with van der Waals surface area (Å²) in [6, 6.07) is 0. The van der Waals surface area contributed by atoms with Crippen molar-refractivity contribution in [2.75, 3.05) is 0 Å². The molecule has 0 radical (unpaired) electrons. The van der Waals surface area contributed by atoms with Gasteiger partial charge in [-0.05, 0) is 13.8 Å². The van der Waals surface area contributed by atoms with Gasteiger partial charge in [0.05, 0.1) is 0 Å². The third kappa shape index (κ3) is 10.9. The molecule has 2 nitrogen and oxygen atoms in total. The molecular formula is C3H7MoO2S-. The Kier molecular flexibility index (Phi) is 6.05. The summed E-state index contributed by atoms with van der Waals surface area (Å²) >= 11 is 4.04. The van der Waals surface area contributed by atoms with Crippen LogP contribution < -0.4 is 0 Å². The van der Waals surface area contributed by atoms with Gasteiger partial charge in [-0.2, -0.15) is 0 Å². The Hall–Kier alpha value is 0.958. The molecule has 44 valence electrons. The fourth-order valence-electron chi connectivity index (χ4n) is 0. The summed E-state index contributed by atoms with van der Waals surface area (Å²) in [4.78, 5) is 0. The average Bonchev–Trinajstić information content (AvgIpc) is 1.35. The van der Waals surface area contributed by atoms with Gasteiger partial charge in [0.2, 0.25) is 0 Å². The molecule has 0 rings (SSSR count). The third-order valence-electron chi connectivity index (χ3n) is 0.204. The van der Waals surface area contributed by atoms with Crippen LogP contribution in [0.4, 0.5) is 0 Å². The molecule has 0 atom stereocenters. The number of rotatable bonds is 1. The van der Waals surface area contributed by atoms with Crippen LogP contribution in [0.5, 0.6) is 0 Å². The van der Waals surface area contributed by atoms with Crippen molar-refractivity contribution in [3.8, 4) is 0 Å². The second-order valence-electron chi connectivity index (χ2n) is 1.53. The first kappa shape index (κ1) is 10.9. The fourth-order valence-corrected chi connectivity index (χ4v) is 0. The molecular weight excluding hydrogens is 196 g/mol. The van der Waals surface area contributed by atoms with Crippen LogP contribution in [0.25, 0.3) is 0 Å². The standard InChI is InChI=1S/C3H8O2S.Mo/c1-3(2,4)5-6;/h4,6H,1-2H3;/p-1. The third-order valence-corrected chi connectivity index (χ3v) is 0.612. The number of hydrogen-bond donors (Lipinski definition) is 1. The van der Waals surface area contributed by atoms with Crippen LogP contribution in [0.2, 0.25) is 0 Å². The summed E-state index contributed by atoms with van der Waals surface area (Å²) in [5.41, 5.74) is 0. The molecule has 0 saturated heterocycles. The molecule has 0 aromatic rings. The van der Waals surface area contributed by atoms with Crippen LogP contribution in [0.1, 0.15) is 13.8 Å². The Morgan fingerprint density at radius 1 is 1.57 bits per heavy atom. The van der Waals surface area contributed by atoms with Crippen molar-refractivity contribution < 1.29 is 30.4 Å². The maximum Gasteiger partial charge on any atom is 0.137 e. The summed E-state index contributed by atoms with van der Waals surface area (Å²) in [7, 11) is 0. The predicted molar refractivity (Wildman–Crippen MR) is 24.7 cm³/mol. The summed E-state index contributed by atoms with van der Waals surface area (Å²) in [5, 5.41) is 8.50. The minimum absolute atomic E-state index is 0. The van der Waals surface area contributed by atoms with Gasteiger partial charge in [0, 0.05) is 21.1 Å². The van der Waals surface area contributed by atoms with E-state index in [4.69, 9.17) is 5.11 Å². The van der Waals surface area contributed by atoms with Gasteiger partial charge in [-0.25, -0.2) is 0 Å². The SMILES string of the molecule is CC(C)(O)O[S-].[Mo]. The molecule has 0 bridgehead atoms. The number of hydrogen-bond acceptors (Lipinski definition) is 3. The smallest absolute Gasteiger partial charge is 0.137 e. The fraction of sp³-hybridized carbons (Fsp3) is 1.00. The summed E-state index contributed by atoms with van der Waals surface area (Å²) in [6.07, 6.45) is 0. The minimum atomic E-state index is -1.14. The zero-order valence-corrected chi connectivity index (χ0v) is 7.00. The van der Waals surface area contributed by atoms with Gasteiger partial charge in [0.1, 0.15) is 5.79 Å². The molecule has 0 aliphatic rings. The summed E-state index contributed by atoms with van der Waals surface area (Å²) in [5.74, 6) is -1.14. The molecule has 0 amide bonds. The number of aliphatic hydroxyl groups is 1. The van der Waals surface area contributed by atoms with Crippen molar-refractivity contribution in [3.63, 3.8) is 0 Å². The second kappa shape index (κ2) is 3.90. The molecule has 7 heavy (non-hydrogen) atoms. The van der Waals surface area contributed by atoms with Crippen molar-refractivity contribution in [2.45, 2.75) is 19.6 Å². The first-order chi connectivity index (χ1) is 2.56. The van der Waals surface area contributed by atoms with E-state index < -0.39 is 5.79 Å². The molecule has 0 spiro atoms. The predicted octanol–water partition coefficient (Wildman–Crippen LogP) is 0.191. The molecule has 0 aliphatic heterocycles. The monoisotopic (exact) mass is 205 g/mol. The van der Waals surface area contributed by atoms with Gasteiger partial charge >= 0.3 is 0 Å². The summed E-state index contributed by atoms with van der Waals surface area (Å²) < 4.78 is 4.08. The molecule has 0 fully saturated rings. The first-order valence-corrected chi connectivity index (χ1v) is 1.93. The van der Waals surface area contributed by atoms with Crippen molar-refractivity contribution in [1.82, 2.24) is 0 Å². The molecule has 0 heterocycles. The van der Waals surface area contributed by atoms with Crippen LogP contribution in [-0.2, 0) is 38.2 Å². The normalized spacial score (nSPS) is 10.3. The Labute approximate surface area is 63.1 Å². The Balaban J connectivity index is 0. The van der Waals surface area contributed by atoms with Gasteiger partial charge in [-0.1, -0.05) is 0 Å². The largest absolute Gasteiger partial charge is 0.621 e. The minimum Gasteiger partial charge on any atom is -0.621 e. The van der Waals surface area contributed by atoms with E-state index in [9.17, 15) is 0 Å². The second-order valence-corrected chi connectivity index (χ2v) is 1.70. The average molecular weight is 203 g/mol. The van der Waals surface area contributed by atoms with Crippen molar-refractivity contribution >= 4 is 12.9 Å². The topological polar surface area (TPSA) is 29.5 Å². The molecule has 0 aliphatic carbocycles. The maximum atomic E-state index is 8.50. The van der Waals surface area contributed by atoms with Gasteiger partial charge < -0.3 is 22.2 Å². The van der Waals surface area contributed by atoms with Gasteiger partial charge in [0.25, 0.3) is 0 Å². The van der Waals surface area contributed by atoms with E-state index in [1.165, 1.54) is 13.8 Å². The van der Waals surface area contributed by atoms with Crippen molar-refractivity contribution in [2.24, 2.45) is 0 Å². The van der Waals surface area contributed by atoms with Crippen LogP contribution in [0, 0.1) is 0 Å². The molecule has 0 unspecified atom stereocenters. The van der Waals surface area contributed by atoms with E-state index in [1.54, 1.807) is 0 Å². The van der Waals surface area contributed by atoms with Crippen LogP contribution in [0.15, 0.2) is 0 Å². The van der Waals surface area contributed by atoms with Crippen LogP contribution in [0.3, 0.4) is 0 Å². The summed E-state index contributed by atoms with van der Waals surface area (Å²) in [6.45, 7) is 2.94. The van der Waals surface area contributed by atoms with Gasteiger partial charge in [0.15, 0.2) is 0 Å². The zero-order chi connectivity index (χ0) is 5.21. The van der Waals surface area contributed by atoms with E-state index >= 15 is 0 Å². The van der Waals surface area contributed by atoms with Crippen LogP contribution in [-0.4, -0.2) is 10.9 Å². The molecule has 0 aromatic carbocycles. The molecule has 0 aromatic heterocycles. The van der Waals surface area contributed by atoms with E-state index in [2.05, 4.69) is 17.1 Å². The van der Waals surface area contributed by atoms with E-state index in [0.717, 1.165) is 0 Å². The van der Waals surface area contributed by atoms with E-state index in [0.29, 0.717) is 0 Å². The van der Waals surface area contributed by atoms with Gasteiger partial charge in [-0.3, -0.25) is 0 Å². The Bertz CT molecular complexity index is 42.7. The van der Waals surface area contributed by atoms with E-state index in [-0.39, 0.29) is 21.1 Å².